The molecule has 1 saturated heterocycles. The third-order valence-corrected chi connectivity index (χ3v) is 7.24. The van der Waals surface area contributed by atoms with Crippen LogP contribution < -0.4 is 15.5 Å². The van der Waals surface area contributed by atoms with Gasteiger partial charge in [-0.15, -0.1) is 0 Å². The molecule has 4 aromatic rings. The van der Waals surface area contributed by atoms with Crippen LogP contribution in [0.1, 0.15) is 39.9 Å². The van der Waals surface area contributed by atoms with E-state index >= 15 is 0 Å². The topological polar surface area (TPSA) is 128 Å². The highest BCUT2D eigenvalue weighted by atomic mass is 35.5. The van der Waals surface area contributed by atoms with Gasteiger partial charge in [-0.3, -0.25) is 9.59 Å². The zero-order valence-electron chi connectivity index (χ0n) is 22.5. The SMILES string of the molecule is Cc1cnc(Cl)nc1-c1ccc(N(Cc2ccc(CNC(=O)[C@@H]3CCCN3)cc2)C(=O)c2ccc(O)cc2O)cc1. The third kappa shape index (κ3) is 6.65. The summed E-state index contributed by atoms with van der Waals surface area (Å²) in [5.41, 5.74) is 4.82. The number of amides is 2. The molecule has 41 heavy (non-hydrogen) atoms. The molecular weight excluding hydrogens is 542 g/mol. The maximum absolute atomic E-state index is 13.7. The summed E-state index contributed by atoms with van der Waals surface area (Å²) >= 11 is 6.01. The average Bonchev–Trinajstić information content (AvgIpc) is 3.52. The first kappa shape index (κ1) is 28.1. The number of anilines is 1. The molecule has 1 atom stereocenters. The molecule has 4 N–H and O–H groups in total. The number of rotatable bonds is 8. The van der Waals surface area contributed by atoms with Crippen LogP contribution in [0.5, 0.6) is 11.5 Å². The Hall–Kier alpha value is -4.47. The number of carbonyl (C=O) groups is 2. The molecule has 1 aliphatic heterocycles. The van der Waals surface area contributed by atoms with Crippen molar-refractivity contribution in [3.63, 3.8) is 0 Å². The highest BCUT2D eigenvalue weighted by Crippen LogP contribution is 2.30. The third-order valence-electron chi connectivity index (χ3n) is 7.06. The minimum Gasteiger partial charge on any atom is -0.508 e. The maximum atomic E-state index is 13.7. The van der Waals surface area contributed by atoms with Crippen LogP contribution in [0.3, 0.4) is 0 Å². The number of aryl methyl sites for hydroxylation is 1. The van der Waals surface area contributed by atoms with Gasteiger partial charge in [0.1, 0.15) is 11.5 Å². The van der Waals surface area contributed by atoms with Crippen LogP contribution in [0, 0.1) is 6.92 Å². The van der Waals surface area contributed by atoms with Gasteiger partial charge in [-0.25, -0.2) is 9.97 Å². The fraction of sp³-hybridized carbons (Fsp3) is 0.226. The number of halogens is 1. The summed E-state index contributed by atoms with van der Waals surface area (Å²) in [6.07, 6.45) is 3.50. The molecule has 5 rings (SSSR count). The van der Waals surface area contributed by atoms with Gasteiger partial charge in [-0.2, -0.15) is 0 Å². The number of nitrogens with zero attached hydrogens (tertiary/aromatic N) is 3. The molecule has 1 fully saturated rings. The number of hydrogen-bond donors (Lipinski definition) is 4. The first-order valence-electron chi connectivity index (χ1n) is 13.3. The van der Waals surface area contributed by atoms with E-state index in [4.69, 9.17) is 11.6 Å². The average molecular weight is 572 g/mol. The van der Waals surface area contributed by atoms with E-state index in [1.54, 1.807) is 23.2 Å². The summed E-state index contributed by atoms with van der Waals surface area (Å²) in [6, 6.07) is 18.7. The van der Waals surface area contributed by atoms with Crippen LogP contribution in [0.4, 0.5) is 5.69 Å². The van der Waals surface area contributed by atoms with Gasteiger partial charge in [-0.1, -0.05) is 36.4 Å². The van der Waals surface area contributed by atoms with E-state index in [0.717, 1.165) is 47.7 Å². The monoisotopic (exact) mass is 571 g/mol. The quantitative estimate of drug-likeness (QED) is 0.225. The molecule has 10 heteroatoms. The number of phenols is 2. The summed E-state index contributed by atoms with van der Waals surface area (Å²) in [5.74, 6) is -0.886. The van der Waals surface area contributed by atoms with Crippen molar-refractivity contribution in [2.24, 2.45) is 0 Å². The van der Waals surface area contributed by atoms with Crippen LogP contribution in [-0.4, -0.2) is 44.6 Å². The lowest BCUT2D eigenvalue weighted by atomic mass is 10.1. The minimum atomic E-state index is -0.433. The lowest BCUT2D eigenvalue weighted by Crippen LogP contribution is -2.39. The second-order valence-electron chi connectivity index (χ2n) is 9.99. The number of nitrogens with one attached hydrogen (secondary N) is 2. The smallest absolute Gasteiger partial charge is 0.262 e. The van der Waals surface area contributed by atoms with E-state index in [2.05, 4.69) is 20.6 Å². The van der Waals surface area contributed by atoms with Crippen molar-refractivity contribution in [3.8, 4) is 22.8 Å². The molecule has 1 aromatic heterocycles. The Morgan fingerprint density at radius 1 is 1.05 bits per heavy atom. The number of aromatic hydroxyl groups is 2. The molecule has 9 nitrogen and oxygen atoms in total. The maximum Gasteiger partial charge on any atom is 0.262 e. The fourth-order valence-electron chi connectivity index (χ4n) is 4.80. The molecule has 0 aliphatic carbocycles. The molecule has 2 heterocycles. The zero-order chi connectivity index (χ0) is 28.9. The molecular formula is C31H30ClN5O4. The number of carbonyl (C=O) groups excluding carboxylic acids is 2. The van der Waals surface area contributed by atoms with E-state index in [9.17, 15) is 19.8 Å². The van der Waals surface area contributed by atoms with Crippen LogP contribution in [-0.2, 0) is 17.9 Å². The van der Waals surface area contributed by atoms with Gasteiger partial charge in [-0.05, 0) is 78.9 Å². The van der Waals surface area contributed by atoms with E-state index in [1.807, 2.05) is 43.3 Å². The number of phenolic OH excluding ortho intramolecular Hbond substituents is 2. The number of hydrogen-bond acceptors (Lipinski definition) is 7. The molecule has 3 aromatic carbocycles. The van der Waals surface area contributed by atoms with E-state index in [0.29, 0.717) is 17.9 Å². The van der Waals surface area contributed by atoms with Gasteiger partial charge < -0.3 is 25.7 Å². The summed E-state index contributed by atoms with van der Waals surface area (Å²) in [7, 11) is 0. The van der Waals surface area contributed by atoms with Crippen LogP contribution in [0.15, 0.2) is 72.9 Å². The number of benzene rings is 3. The Kier molecular flexibility index (Phi) is 8.47. The molecule has 0 spiro atoms. The van der Waals surface area contributed by atoms with Gasteiger partial charge in [0, 0.05) is 30.1 Å². The van der Waals surface area contributed by atoms with Crippen molar-refractivity contribution in [1.29, 1.82) is 0 Å². The largest absolute Gasteiger partial charge is 0.508 e. The summed E-state index contributed by atoms with van der Waals surface area (Å²) < 4.78 is 0. The molecule has 0 radical (unpaired) electrons. The molecule has 2 amide bonds. The Morgan fingerprint density at radius 3 is 2.46 bits per heavy atom. The van der Waals surface area contributed by atoms with Crippen molar-refractivity contribution in [2.75, 3.05) is 11.4 Å². The van der Waals surface area contributed by atoms with E-state index < -0.39 is 5.91 Å². The van der Waals surface area contributed by atoms with Gasteiger partial charge in [0.15, 0.2) is 0 Å². The minimum absolute atomic E-state index is 0.0000634. The van der Waals surface area contributed by atoms with Crippen LogP contribution in [0.25, 0.3) is 11.3 Å². The predicted molar refractivity (Wildman–Crippen MR) is 157 cm³/mol. The first-order valence-corrected chi connectivity index (χ1v) is 13.7. The van der Waals surface area contributed by atoms with Gasteiger partial charge in [0.05, 0.1) is 23.8 Å². The van der Waals surface area contributed by atoms with Crippen molar-refractivity contribution in [2.45, 2.75) is 38.9 Å². The molecule has 0 bridgehead atoms. The Balaban J connectivity index is 1.38. The normalized spacial score (nSPS) is 14.5. The number of aromatic nitrogens is 2. The van der Waals surface area contributed by atoms with E-state index in [-0.39, 0.29) is 40.8 Å². The zero-order valence-corrected chi connectivity index (χ0v) is 23.2. The van der Waals surface area contributed by atoms with Gasteiger partial charge in [0.2, 0.25) is 11.2 Å². The van der Waals surface area contributed by atoms with Crippen molar-refractivity contribution in [1.82, 2.24) is 20.6 Å². The highest BCUT2D eigenvalue weighted by Gasteiger charge is 2.23. The lowest BCUT2D eigenvalue weighted by Gasteiger charge is -2.24. The van der Waals surface area contributed by atoms with Crippen LogP contribution in [0.2, 0.25) is 5.28 Å². The second-order valence-corrected chi connectivity index (χ2v) is 10.3. The molecule has 1 aliphatic rings. The Bertz CT molecular complexity index is 1550. The fourth-order valence-corrected chi connectivity index (χ4v) is 4.94. The van der Waals surface area contributed by atoms with Crippen molar-refractivity contribution in [3.05, 3.63) is 100 Å². The Morgan fingerprint density at radius 2 is 1.78 bits per heavy atom. The highest BCUT2D eigenvalue weighted by molar-refractivity contribution is 6.28. The molecule has 0 saturated carbocycles. The van der Waals surface area contributed by atoms with Gasteiger partial charge in [0.25, 0.3) is 5.91 Å². The standard InChI is InChI=1S/C31H30ClN5O4/c1-19-16-35-31(32)36-28(19)22-8-10-23(11-9-22)37(30(41)25-13-12-24(38)15-27(25)39)18-21-6-4-20(5-7-21)17-34-29(40)26-3-2-14-33-26/h4-13,15-16,26,33,38-39H,2-3,14,17-18H2,1H3,(H,34,40)/t26-/m0/s1. The van der Waals surface area contributed by atoms with Crippen molar-refractivity contribution >= 4 is 29.1 Å². The van der Waals surface area contributed by atoms with E-state index in [1.165, 1.54) is 12.1 Å². The summed E-state index contributed by atoms with van der Waals surface area (Å²) in [4.78, 5) is 35.9. The Labute approximate surface area is 242 Å². The predicted octanol–water partition coefficient (Wildman–Crippen LogP) is 4.73. The molecule has 210 valence electrons. The summed E-state index contributed by atoms with van der Waals surface area (Å²) in [6.45, 7) is 3.38. The first-order chi connectivity index (χ1) is 19.8. The lowest BCUT2D eigenvalue weighted by molar-refractivity contribution is -0.122. The van der Waals surface area contributed by atoms with Crippen LogP contribution >= 0.6 is 11.6 Å². The van der Waals surface area contributed by atoms with Gasteiger partial charge >= 0.3 is 0 Å². The van der Waals surface area contributed by atoms with Crippen molar-refractivity contribution < 1.29 is 19.8 Å². The summed E-state index contributed by atoms with van der Waals surface area (Å²) in [5, 5.41) is 26.5. The second kappa shape index (κ2) is 12.4. The molecule has 0 unspecified atom stereocenters.